The van der Waals surface area contributed by atoms with Crippen molar-refractivity contribution in [3.63, 3.8) is 0 Å². The summed E-state index contributed by atoms with van der Waals surface area (Å²) in [6, 6.07) is 0. The third-order valence-corrected chi connectivity index (χ3v) is 4.10. The highest BCUT2D eigenvalue weighted by Crippen LogP contribution is 2.38. The van der Waals surface area contributed by atoms with E-state index in [9.17, 15) is 4.79 Å². The fourth-order valence-electron chi connectivity index (χ4n) is 2.06. The first-order valence-electron chi connectivity index (χ1n) is 5.18. The fraction of sp³-hybridized carbons (Fsp3) is 0.545. The van der Waals surface area contributed by atoms with E-state index in [-0.39, 0.29) is 5.97 Å². The van der Waals surface area contributed by atoms with Gasteiger partial charge in [-0.25, -0.2) is 4.79 Å². The molecule has 0 aromatic carbocycles. The van der Waals surface area contributed by atoms with Crippen LogP contribution in [0.2, 0.25) is 0 Å². The molecule has 0 fully saturated rings. The highest BCUT2D eigenvalue weighted by atomic mass is 32.1. The van der Waals surface area contributed by atoms with Gasteiger partial charge < -0.3 is 10.1 Å². The summed E-state index contributed by atoms with van der Waals surface area (Å²) in [6.45, 7) is 0. The van der Waals surface area contributed by atoms with E-state index in [0.29, 0.717) is 0 Å². The molecule has 1 N–H and O–H groups in total. The number of ether oxygens (including phenoxy) is 1. The Bertz CT molecular complexity index is 384. The Morgan fingerprint density at radius 3 is 2.80 bits per heavy atom. The summed E-state index contributed by atoms with van der Waals surface area (Å²) in [4.78, 5) is 13.0. The first-order valence-corrected chi connectivity index (χ1v) is 6.00. The van der Waals surface area contributed by atoms with Crippen molar-refractivity contribution in [2.75, 3.05) is 19.5 Å². The van der Waals surface area contributed by atoms with Crippen LogP contribution in [0.1, 0.15) is 33.6 Å². The average Bonchev–Trinajstić information content (AvgIpc) is 2.66. The number of esters is 1. The van der Waals surface area contributed by atoms with Gasteiger partial charge >= 0.3 is 5.97 Å². The summed E-state index contributed by atoms with van der Waals surface area (Å²) < 4.78 is 4.83. The molecule has 1 aliphatic rings. The zero-order valence-corrected chi connectivity index (χ0v) is 9.87. The van der Waals surface area contributed by atoms with Gasteiger partial charge in [-0.05, 0) is 31.2 Å². The summed E-state index contributed by atoms with van der Waals surface area (Å²) in [7, 11) is 3.29. The van der Waals surface area contributed by atoms with Crippen molar-refractivity contribution >= 4 is 22.3 Å². The Kier molecular flexibility index (Phi) is 2.95. The number of hydrogen-bond donors (Lipinski definition) is 1. The smallest absolute Gasteiger partial charge is 0.341 e. The average molecular weight is 225 g/mol. The predicted octanol–water partition coefficient (Wildman–Crippen LogP) is 2.46. The Balaban J connectivity index is 2.49. The Morgan fingerprint density at radius 2 is 2.13 bits per heavy atom. The van der Waals surface area contributed by atoms with Crippen LogP contribution in [0.3, 0.4) is 0 Å². The molecular formula is C11H15NO2S. The monoisotopic (exact) mass is 225 g/mol. The van der Waals surface area contributed by atoms with Crippen LogP contribution in [-0.4, -0.2) is 20.1 Å². The van der Waals surface area contributed by atoms with Crippen LogP contribution in [0.25, 0.3) is 0 Å². The van der Waals surface area contributed by atoms with Crippen LogP contribution in [0.5, 0.6) is 0 Å². The Hall–Kier alpha value is -1.03. The van der Waals surface area contributed by atoms with Gasteiger partial charge in [-0.15, -0.1) is 11.3 Å². The number of methoxy groups -OCH3 is 1. The minimum absolute atomic E-state index is 0.209. The molecule has 0 saturated heterocycles. The molecule has 2 rings (SSSR count). The molecule has 1 aliphatic carbocycles. The standard InChI is InChI=1S/C11H15NO2S/c1-12-10-9(11(13)14-2)7-5-3-4-6-8(7)15-10/h12H,3-6H2,1-2H3. The van der Waals surface area contributed by atoms with E-state index >= 15 is 0 Å². The Labute approximate surface area is 93.4 Å². The van der Waals surface area contributed by atoms with Crippen LogP contribution in [0.15, 0.2) is 0 Å². The number of anilines is 1. The van der Waals surface area contributed by atoms with Crippen molar-refractivity contribution in [2.24, 2.45) is 0 Å². The van der Waals surface area contributed by atoms with Gasteiger partial charge in [0, 0.05) is 11.9 Å². The minimum atomic E-state index is -0.209. The molecule has 1 heterocycles. The maximum atomic E-state index is 11.7. The van der Waals surface area contributed by atoms with Gasteiger partial charge in [-0.1, -0.05) is 0 Å². The van der Waals surface area contributed by atoms with Gasteiger partial charge in [0.1, 0.15) is 5.00 Å². The summed E-state index contributed by atoms with van der Waals surface area (Å²) in [5.74, 6) is -0.209. The van der Waals surface area contributed by atoms with Crippen molar-refractivity contribution in [1.82, 2.24) is 0 Å². The first-order chi connectivity index (χ1) is 7.27. The molecule has 0 unspecified atom stereocenters. The summed E-state index contributed by atoms with van der Waals surface area (Å²) in [5.41, 5.74) is 1.97. The van der Waals surface area contributed by atoms with Gasteiger partial charge in [-0.2, -0.15) is 0 Å². The molecule has 0 saturated carbocycles. The molecule has 82 valence electrons. The minimum Gasteiger partial charge on any atom is -0.465 e. The second kappa shape index (κ2) is 4.23. The number of carbonyl (C=O) groups excluding carboxylic acids is 1. The number of rotatable bonds is 2. The zero-order valence-electron chi connectivity index (χ0n) is 9.05. The molecular weight excluding hydrogens is 210 g/mol. The van der Waals surface area contributed by atoms with Gasteiger partial charge in [0.2, 0.25) is 0 Å². The summed E-state index contributed by atoms with van der Waals surface area (Å²) in [6.07, 6.45) is 4.53. The quantitative estimate of drug-likeness (QED) is 0.786. The molecule has 15 heavy (non-hydrogen) atoms. The number of carbonyl (C=O) groups is 1. The lowest BCUT2D eigenvalue weighted by Gasteiger charge is -2.11. The molecule has 0 atom stereocenters. The second-order valence-electron chi connectivity index (χ2n) is 3.66. The molecule has 1 aromatic heterocycles. The van der Waals surface area contributed by atoms with Gasteiger partial charge in [0.25, 0.3) is 0 Å². The molecule has 0 radical (unpaired) electrons. The van der Waals surface area contributed by atoms with E-state index in [1.807, 2.05) is 7.05 Å². The number of thiophene rings is 1. The van der Waals surface area contributed by atoms with Crippen molar-refractivity contribution < 1.29 is 9.53 Å². The van der Waals surface area contributed by atoms with Crippen LogP contribution >= 0.6 is 11.3 Å². The van der Waals surface area contributed by atoms with E-state index in [1.54, 1.807) is 11.3 Å². The normalized spacial score (nSPS) is 14.5. The second-order valence-corrected chi connectivity index (χ2v) is 4.76. The number of nitrogens with one attached hydrogen (secondary N) is 1. The van der Waals surface area contributed by atoms with E-state index in [1.165, 1.54) is 30.4 Å². The van der Waals surface area contributed by atoms with Gasteiger partial charge in [0.05, 0.1) is 12.7 Å². The topological polar surface area (TPSA) is 38.3 Å². The first kappa shape index (κ1) is 10.5. The molecule has 0 spiro atoms. The summed E-state index contributed by atoms with van der Waals surface area (Å²) in [5, 5.41) is 4.04. The van der Waals surface area contributed by atoms with Crippen molar-refractivity contribution in [1.29, 1.82) is 0 Å². The Morgan fingerprint density at radius 1 is 1.40 bits per heavy atom. The molecule has 1 aromatic rings. The predicted molar refractivity (Wildman–Crippen MR) is 61.8 cm³/mol. The molecule has 0 amide bonds. The molecule has 4 heteroatoms. The highest BCUT2D eigenvalue weighted by Gasteiger charge is 2.25. The van der Waals surface area contributed by atoms with E-state index in [2.05, 4.69) is 5.32 Å². The van der Waals surface area contributed by atoms with Crippen LogP contribution in [-0.2, 0) is 17.6 Å². The lowest BCUT2D eigenvalue weighted by molar-refractivity contribution is 0.0601. The SMILES string of the molecule is CNc1sc2c(c1C(=O)OC)CCCC2. The fourth-order valence-corrected chi connectivity index (χ4v) is 3.29. The molecule has 3 nitrogen and oxygen atoms in total. The molecule has 0 bridgehead atoms. The van der Waals surface area contributed by atoms with Gasteiger partial charge in [0.15, 0.2) is 0 Å². The molecule has 0 aliphatic heterocycles. The largest absolute Gasteiger partial charge is 0.465 e. The third kappa shape index (κ3) is 1.74. The number of hydrogen-bond acceptors (Lipinski definition) is 4. The van der Waals surface area contributed by atoms with Gasteiger partial charge in [-0.3, -0.25) is 0 Å². The zero-order chi connectivity index (χ0) is 10.8. The maximum Gasteiger partial charge on any atom is 0.341 e. The van der Waals surface area contributed by atoms with E-state index < -0.39 is 0 Å². The van der Waals surface area contributed by atoms with E-state index in [4.69, 9.17) is 4.74 Å². The van der Waals surface area contributed by atoms with Crippen LogP contribution < -0.4 is 5.32 Å². The lowest BCUT2D eigenvalue weighted by Crippen LogP contribution is -2.09. The maximum absolute atomic E-state index is 11.7. The van der Waals surface area contributed by atoms with Crippen molar-refractivity contribution in [2.45, 2.75) is 25.7 Å². The highest BCUT2D eigenvalue weighted by molar-refractivity contribution is 7.16. The van der Waals surface area contributed by atoms with Crippen molar-refractivity contribution in [3.8, 4) is 0 Å². The van der Waals surface area contributed by atoms with E-state index in [0.717, 1.165) is 23.4 Å². The van der Waals surface area contributed by atoms with Crippen molar-refractivity contribution in [3.05, 3.63) is 16.0 Å². The van der Waals surface area contributed by atoms with Crippen LogP contribution in [0, 0.1) is 0 Å². The number of aryl methyl sites for hydroxylation is 1. The lowest BCUT2D eigenvalue weighted by atomic mass is 9.95. The number of fused-ring (bicyclic) bond motifs is 1. The summed E-state index contributed by atoms with van der Waals surface area (Å²) >= 11 is 1.69. The van der Waals surface area contributed by atoms with Crippen LogP contribution in [0.4, 0.5) is 5.00 Å². The third-order valence-electron chi connectivity index (χ3n) is 2.79.